The van der Waals surface area contributed by atoms with Gasteiger partial charge in [0.15, 0.2) is 0 Å². The van der Waals surface area contributed by atoms with Crippen molar-refractivity contribution < 1.29 is 13.2 Å². The number of rotatable bonds is 1. The van der Waals surface area contributed by atoms with Gasteiger partial charge in [0.1, 0.15) is 0 Å². The number of hydrogen-bond acceptors (Lipinski definition) is 2. The summed E-state index contributed by atoms with van der Waals surface area (Å²) in [4.78, 5) is 4.26. The Balaban J connectivity index is 1.96. The van der Waals surface area contributed by atoms with Gasteiger partial charge in [-0.3, -0.25) is 4.98 Å². The molecule has 0 bridgehead atoms. The van der Waals surface area contributed by atoms with Crippen molar-refractivity contribution in [2.24, 2.45) is 11.7 Å². The summed E-state index contributed by atoms with van der Waals surface area (Å²) in [5.74, 6) is -1.31. The molecule has 0 spiro atoms. The molecule has 0 aliphatic heterocycles. The molecule has 2 aromatic rings. The van der Waals surface area contributed by atoms with Gasteiger partial charge in [0, 0.05) is 17.1 Å². The highest BCUT2D eigenvalue weighted by Gasteiger charge is 2.46. The second-order valence-electron chi connectivity index (χ2n) is 5.90. The van der Waals surface area contributed by atoms with Crippen molar-refractivity contribution >= 4 is 10.9 Å². The Hall–Kier alpha value is -1.62. The van der Waals surface area contributed by atoms with E-state index in [1.165, 1.54) is 0 Å². The molecule has 1 aliphatic rings. The number of fused-ring (bicyclic) bond motifs is 1. The molecule has 2 atom stereocenters. The maximum absolute atomic E-state index is 13.0. The van der Waals surface area contributed by atoms with Gasteiger partial charge in [-0.2, -0.15) is 13.2 Å². The van der Waals surface area contributed by atoms with Crippen LogP contribution in [-0.2, 0) is 5.54 Å². The Morgan fingerprint density at radius 2 is 2.05 bits per heavy atom. The topological polar surface area (TPSA) is 38.9 Å². The summed E-state index contributed by atoms with van der Waals surface area (Å²) in [5.41, 5.74) is 6.94. The summed E-state index contributed by atoms with van der Waals surface area (Å²) < 4.78 is 39.0. The summed E-state index contributed by atoms with van der Waals surface area (Å²) in [6, 6.07) is 9.30. The molecule has 0 saturated heterocycles. The van der Waals surface area contributed by atoms with Crippen LogP contribution < -0.4 is 5.73 Å². The third kappa shape index (κ3) is 2.75. The van der Waals surface area contributed by atoms with Gasteiger partial charge in [-0.1, -0.05) is 24.6 Å². The maximum Gasteiger partial charge on any atom is 0.391 e. The van der Waals surface area contributed by atoms with Crippen molar-refractivity contribution in [1.82, 2.24) is 4.98 Å². The number of benzene rings is 1. The Bertz CT molecular complexity index is 653. The van der Waals surface area contributed by atoms with E-state index in [1.54, 1.807) is 6.20 Å². The van der Waals surface area contributed by atoms with Crippen LogP contribution in [0.3, 0.4) is 0 Å². The fourth-order valence-electron chi connectivity index (χ4n) is 3.23. The second kappa shape index (κ2) is 4.98. The van der Waals surface area contributed by atoms with Crippen LogP contribution in [0.25, 0.3) is 10.9 Å². The number of nitrogens with two attached hydrogens (primary N) is 1. The number of pyridine rings is 1. The van der Waals surface area contributed by atoms with E-state index in [2.05, 4.69) is 4.98 Å². The van der Waals surface area contributed by atoms with E-state index < -0.39 is 17.6 Å². The fraction of sp³-hybridized carbons (Fsp3) is 0.438. The smallest absolute Gasteiger partial charge is 0.321 e. The lowest BCUT2D eigenvalue weighted by atomic mass is 9.72. The first-order valence-corrected chi connectivity index (χ1v) is 7.09. The van der Waals surface area contributed by atoms with Gasteiger partial charge in [-0.15, -0.1) is 0 Å². The highest BCUT2D eigenvalue weighted by molar-refractivity contribution is 5.79. The lowest BCUT2D eigenvalue weighted by Crippen LogP contribution is -2.44. The highest BCUT2D eigenvalue weighted by atomic mass is 19.4. The van der Waals surface area contributed by atoms with Crippen LogP contribution in [0.4, 0.5) is 13.2 Å². The molecule has 0 amide bonds. The maximum atomic E-state index is 13.0. The van der Waals surface area contributed by atoms with Crippen molar-refractivity contribution in [3.05, 3.63) is 42.1 Å². The van der Waals surface area contributed by atoms with E-state index in [1.807, 2.05) is 30.3 Å². The fourth-order valence-corrected chi connectivity index (χ4v) is 3.23. The molecule has 1 heterocycles. The Kier molecular flexibility index (Phi) is 3.40. The molecule has 1 saturated carbocycles. The third-order valence-corrected chi connectivity index (χ3v) is 4.43. The van der Waals surface area contributed by atoms with Gasteiger partial charge in [0.2, 0.25) is 0 Å². The zero-order valence-corrected chi connectivity index (χ0v) is 11.5. The van der Waals surface area contributed by atoms with Crippen LogP contribution in [0, 0.1) is 5.92 Å². The molecule has 2 unspecified atom stereocenters. The molecule has 1 aliphatic carbocycles. The SMILES string of the molecule is NC1(c2ccc3cccnc3c2)CCCC(C(F)(F)F)C1. The van der Waals surface area contributed by atoms with Crippen LogP contribution in [-0.4, -0.2) is 11.2 Å². The molecule has 1 aromatic heterocycles. The number of halogens is 3. The average Bonchev–Trinajstić information content (AvgIpc) is 2.46. The summed E-state index contributed by atoms with van der Waals surface area (Å²) in [6.45, 7) is 0. The summed E-state index contributed by atoms with van der Waals surface area (Å²) >= 11 is 0. The number of alkyl halides is 3. The van der Waals surface area contributed by atoms with E-state index in [9.17, 15) is 13.2 Å². The summed E-state index contributed by atoms with van der Waals surface area (Å²) in [7, 11) is 0. The zero-order chi connectivity index (χ0) is 15.1. The molecule has 1 fully saturated rings. The molecular formula is C16H17F3N2. The van der Waals surface area contributed by atoms with Gasteiger partial charge in [0.05, 0.1) is 11.4 Å². The Labute approximate surface area is 121 Å². The van der Waals surface area contributed by atoms with E-state index in [0.29, 0.717) is 12.8 Å². The lowest BCUT2D eigenvalue weighted by molar-refractivity contribution is -0.187. The van der Waals surface area contributed by atoms with Crippen LogP contribution >= 0.6 is 0 Å². The number of nitrogens with zero attached hydrogens (tertiary/aromatic N) is 1. The first-order valence-electron chi connectivity index (χ1n) is 7.09. The van der Waals surface area contributed by atoms with Crippen molar-refractivity contribution in [3.8, 4) is 0 Å². The first-order chi connectivity index (χ1) is 9.88. The number of aromatic nitrogens is 1. The standard InChI is InChI=1S/C16H17F3N2/c17-16(18,19)13-4-1-7-15(20,10-13)12-6-5-11-3-2-8-21-14(11)9-12/h2-3,5-6,8-9,13H,1,4,7,10,20H2. The normalized spacial score (nSPS) is 27.0. The summed E-state index contributed by atoms with van der Waals surface area (Å²) in [6.07, 6.45) is -1.28. The van der Waals surface area contributed by atoms with Crippen LogP contribution in [0.1, 0.15) is 31.2 Å². The lowest BCUT2D eigenvalue weighted by Gasteiger charge is -2.39. The molecule has 2 N–H and O–H groups in total. The van der Waals surface area contributed by atoms with E-state index in [-0.39, 0.29) is 12.8 Å². The van der Waals surface area contributed by atoms with Gasteiger partial charge in [-0.05, 0) is 37.0 Å². The minimum Gasteiger partial charge on any atom is -0.321 e. The van der Waals surface area contributed by atoms with Crippen molar-refractivity contribution in [2.45, 2.75) is 37.4 Å². The quantitative estimate of drug-likeness (QED) is 0.858. The molecular weight excluding hydrogens is 277 g/mol. The van der Waals surface area contributed by atoms with E-state index >= 15 is 0 Å². The van der Waals surface area contributed by atoms with Gasteiger partial charge in [-0.25, -0.2) is 0 Å². The van der Waals surface area contributed by atoms with Crippen molar-refractivity contribution in [3.63, 3.8) is 0 Å². The van der Waals surface area contributed by atoms with Crippen molar-refractivity contribution in [2.75, 3.05) is 0 Å². The minimum atomic E-state index is -4.17. The predicted octanol–water partition coefficient (Wildman–Crippen LogP) is 4.14. The van der Waals surface area contributed by atoms with Gasteiger partial charge in [0.25, 0.3) is 0 Å². The third-order valence-electron chi connectivity index (χ3n) is 4.43. The van der Waals surface area contributed by atoms with E-state index in [4.69, 9.17) is 5.73 Å². The second-order valence-corrected chi connectivity index (χ2v) is 5.90. The largest absolute Gasteiger partial charge is 0.391 e. The highest BCUT2D eigenvalue weighted by Crippen LogP contribution is 2.45. The van der Waals surface area contributed by atoms with Crippen LogP contribution in [0.5, 0.6) is 0 Å². The monoisotopic (exact) mass is 294 g/mol. The molecule has 2 nitrogen and oxygen atoms in total. The molecule has 5 heteroatoms. The van der Waals surface area contributed by atoms with Crippen molar-refractivity contribution in [1.29, 1.82) is 0 Å². The first kappa shape index (κ1) is 14.3. The van der Waals surface area contributed by atoms with Crippen LogP contribution in [0.2, 0.25) is 0 Å². The Morgan fingerprint density at radius 3 is 2.81 bits per heavy atom. The molecule has 1 aromatic carbocycles. The Morgan fingerprint density at radius 1 is 1.24 bits per heavy atom. The molecule has 3 rings (SSSR count). The van der Waals surface area contributed by atoms with E-state index in [0.717, 1.165) is 16.5 Å². The van der Waals surface area contributed by atoms with Gasteiger partial charge >= 0.3 is 6.18 Å². The van der Waals surface area contributed by atoms with Gasteiger partial charge < -0.3 is 5.73 Å². The molecule has 112 valence electrons. The molecule has 21 heavy (non-hydrogen) atoms. The zero-order valence-electron chi connectivity index (χ0n) is 11.5. The minimum absolute atomic E-state index is 0.0468. The summed E-state index contributed by atoms with van der Waals surface area (Å²) in [5, 5.41) is 0.966. The predicted molar refractivity (Wildman–Crippen MR) is 75.6 cm³/mol. The molecule has 0 radical (unpaired) electrons. The van der Waals surface area contributed by atoms with Crippen LogP contribution in [0.15, 0.2) is 36.5 Å². The average molecular weight is 294 g/mol. The number of hydrogen-bond donors (Lipinski definition) is 1.